The van der Waals surface area contributed by atoms with Crippen LogP contribution in [0.2, 0.25) is 0 Å². The zero-order chi connectivity index (χ0) is 19.5. The quantitative estimate of drug-likeness (QED) is 0.740. The molecule has 0 atom stereocenters. The maximum absolute atomic E-state index is 12.3. The second kappa shape index (κ2) is 8.15. The number of hydrogen-bond donors (Lipinski definition) is 0. The number of amides is 2. The van der Waals surface area contributed by atoms with Crippen LogP contribution in [0.5, 0.6) is 0 Å². The molecule has 9 heteroatoms. The van der Waals surface area contributed by atoms with Crippen molar-refractivity contribution in [1.82, 2.24) is 24.5 Å². The molecule has 150 valence electrons. The monoisotopic (exact) mass is 387 g/mol. The molecule has 4 heterocycles. The number of ether oxygens (including phenoxy) is 1. The van der Waals surface area contributed by atoms with Crippen LogP contribution in [0.3, 0.4) is 0 Å². The zero-order valence-electron chi connectivity index (χ0n) is 16.0. The van der Waals surface area contributed by atoms with Gasteiger partial charge in [-0.2, -0.15) is 5.10 Å². The standard InChI is InChI=1S/C19H25N5O4/c1-27-14-18(25)23-8-9-24-16(13-23)11-15(20-24)12-21-4-6-22(7-5-21)19(26)17-3-2-10-28-17/h2-3,10-11H,4-9,12-14H2,1H3. The third-order valence-corrected chi connectivity index (χ3v) is 5.25. The summed E-state index contributed by atoms with van der Waals surface area (Å²) in [6.07, 6.45) is 1.52. The highest BCUT2D eigenvalue weighted by molar-refractivity contribution is 5.91. The normalized spacial score (nSPS) is 17.6. The molecule has 4 rings (SSSR count). The van der Waals surface area contributed by atoms with Crippen LogP contribution >= 0.6 is 0 Å². The second-order valence-corrected chi connectivity index (χ2v) is 7.14. The van der Waals surface area contributed by atoms with Gasteiger partial charge in [-0.05, 0) is 18.2 Å². The Morgan fingerprint density at radius 1 is 1.14 bits per heavy atom. The summed E-state index contributed by atoms with van der Waals surface area (Å²) in [6.45, 7) is 5.73. The van der Waals surface area contributed by atoms with Crippen molar-refractivity contribution in [2.45, 2.75) is 19.6 Å². The van der Waals surface area contributed by atoms with E-state index in [1.54, 1.807) is 12.1 Å². The molecule has 0 aromatic carbocycles. The molecule has 2 aliphatic heterocycles. The summed E-state index contributed by atoms with van der Waals surface area (Å²) in [5, 5.41) is 4.69. The number of piperazine rings is 1. The number of carbonyl (C=O) groups is 2. The van der Waals surface area contributed by atoms with Crippen LogP contribution < -0.4 is 0 Å². The van der Waals surface area contributed by atoms with Gasteiger partial charge in [-0.25, -0.2) is 0 Å². The van der Waals surface area contributed by atoms with Gasteiger partial charge in [0, 0.05) is 46.4 Å². The highest BCUT2D eigenvalue weighted by Crippen LogP contribution is 2.16. The Bertz CT molecular complexity index is 824. The first-order valence-electron chi connectivity index (χ1n) is 9.51. The lowest BCUT2D eigenvalue weighted by molar-refractivity contribution is -0.136. The summed E-state index contributed by atoms with van der Waals surface area (Å²) in [5.74, 6) is 0.347. The van der Waals surface area contributed by atoms with E-state index in [0.717, 1.165) is 31.0 Å². The Morgan fingerprint density at radius 2 is 1.93 bits per heavy atom. The molecular formula is C19H25N5O4. The van der Waals surface area contributed by atoms with E-state index in [2.05, 4.69) is 16.1 Å². The van der Waals surface area contributed by atoms with E-state index < -0.39 is 0 Å². The summed E-state index contributed by atoms with van der Waals surface area (Å²) >= 11 is 0. The van der Waals surface area contributed by atoms with E-state index in [4.69, 9.17) is 9.15 Å². The molecule has 9 nitrogen and oxygen atoms in total. The molecule has 2 amide bonds. The Morgan fingerprint density at radius 3 is 2.64 bits per heavy atom. The van der Waals surface area contributed by atoms with Crippen molar-refractivity contribution < 1.29 is 18.7 Å². The average molecular weight is 387 g/mol. The highest BCUT2D eigenvalue weighted by Gasteiger charge is 2.26. The number of fused-ring (bicyclic) bond motifs is 1. The van der Waals surface area contributed by atoms with Crippen molar-refractivity contribution in [3.63, 3.8) is 0 Å². The number of rotatable bonds is 5. The van der Waals surface area contributed by atoms with Crippen molar-refractivity contribution in [3.05, 3.63) is 41.6 Å². The SMILES string of the molecule is COCC(=O)N1CCn2nc(CN3CCN(C(=O)c4ccco4)CC3)cc2C1. The first-order chi connectivity index (χ1) is 13.6. The van der Waals surface area contributed by atoms with Crippen molar-refractivity contribution in [1.29, 1.82) is 0 Å². The Balaban J connectivity index is 1.31. The average Bonchev–Trinajstić information content (AvgIpc) is 3.37. The lowest BCUT2D eigenvalue weighted by Gasteiger charge is -2.33. The minimum atomic E-state index is -0.0528. The van der Waals surface area contributed by atoms with Crippen LogP contribution in [0.25, 0.3) is 0 Å². The number of nitrogens with zero attached hydrogens (tertiary/aromatic N) is 5. The van der Waals surface area contributed by atoms with Gasteiger partial charge in [0.1, 0.15) is 6.61 Å². The fraction of sp³-hybridized carbons (Fsp3) is 0.526. The molecule has 0 saturated carbocycles. The number of aromatic nitrogens is 2. The Kier molecular flexibility index (Phi) is 5.45. The van der Waals surface area contributed by atoms with Crippen LogP contribution in [0, 0.1) is 0 Å². The number of hydrogen-bond acceptors (Lipinski definition) is 6. The maximum atomic E-state index is 12.3. The van der Waals surface area contributed by atoms with Gasteiger partial charge in [-0.15, -0.1) is 0 Å². The first kappa shape index (κ1) is 18.7. The molecule has 0 radical (unpaired) electrons. The van der Waals surface area contributed by atoms with E-state index in [1.165, 1.54) is 13.4 Å². The molecule has 0 unspecified atom stereocenters. The fourth-order valence-corrected chi connectivity index (χ4v) is 3.73. The van der Waals surface area contributed by atoms with Gasteiger partial charge in [0.15, 0.2) is 5.76 Å². The molecule has 1 saturated heterocycles. The van der Waals surface area contributed by atoms with Gasteiger partial charge in [0.05, 0.1) is 30.7 Å². The molecule has 0 spiro atoms. The smallest absolute Gasteiger partial charge is 0.289 e. The topological polar surface area (TPSA) is 84.0 Å². The maximum Gasteiger partial charge on any atom is 0.289 e. The Hall–Kier alpha value is -2.65. The van der Waals surface area contributed by atoms with Crippen LogP contribution in [-0.4, -0.2) is 82.7 Å². The van der Waals surface area contributed by atoms with Crippen molar-refractivity contribution in [2.24, 2.45) is 0 Å². The van der Waals surface area contributed by atoms with E-state index >= 15 is 0 Å². The lowest BCUT2D eigenvalue weighted by atomic mass is 10.2. The summed E-state index contributed by atoms with van der Waals surface area (Å²) in [6, 6.07) is 5.51. The molecular weight excluding hydrogens is 362 g/mol. The van der Waals surface area contributed by atoms with Gasteiger partial charge in [0.2, 0.25) is 5.91 Å². The van der Waals surface area contributed by atoms with Crippen molar-refractivity contribution >= 4 is 11.8 Å². The molecule has 0 N–H and O–H groups in total. The molecule has 0 bridgehead atoms. The fourth-order valence-electron chi connectivity index (χ4n) is 3.73. The van der Waals surface area contributed by atoms with Gasteiger partial charge < -0.3 is 19.0 Å². The van der Waals surface area contributed by atoms with Crippen molar-refractivity contribution in [2.75, 3.05) is 46.4 Å². The third kappa shape index (κ3) is 3.95. The number of furan rings is 1. The lowest BCUT2D eigenvalue weighted by Crippen LogP contribution is -2.48. The number of carbonyl (C=O) groups excluding carboxylic acids is 2. The largest absolute Gasteiger partial charge is 0.459 e. The minimum absolute atomic E-state index is 0.00819. The van der Waals surface area contributed by atoms with Gasteiger partial charge in [-0.3, -0.25) is 19.2 Å². The zero-order valence-corrected chi connectivity index (χ0v) is 16.0. The summed E-state index contributed by atoms with van der Waals surface area (Å²) in [4.78, 5) is 30.3. The van der Waals surface area contributed by atoms with E-state index in [-0.39, 0.29) is 18.4 Å². The van der Waals surface area contributed by atoms with Crippen LogP contribution in [-0.2, 0) is 29.2 Å². The molecule has 1 fully saturated rings. The number of methoxy groups -OCH3 is 1. The molecule has 2 aromatic heterocycles. The molecule has 0 aliphatic carbocycles. The van der Waals surface area contributed by atoms with Gasteiger partial charge >= 0.3 is 0 Å². The predicted molar refractivity (Wildman–Crippen MR) is 99.4 cm³/mol. The van der Waals surface area contributed by atoms with E-state index in [9.17, 15) is 9.59 Å². The van der Waals surface area contributed by atoms with E-state index in [1.807, 2.05) is 14.5 Å². The molecule has 2 aromatic rings. The van der Waals surface area contributed by atoms with Gasteiger partial charge in [0.25, 0.3) is 5.91 Å². The molecule has 28 heavy (non-hydrogen) atoms. The highest BCUT2D eigenvalue weighted by atomic mass is 16.5. The second-order valence-electron chi connectivity index (χ2n) is 7.14. The van der Waals surface area contributed by atoms with E-state index in [0.29, 0.717) is 38.5 Å². The van der Waals surface area contributed by atoms with Crippen LogP contribution in [0.4, 0.5) is 0 Å². The summed E-state index contributed by atoms with van der Waals surface area (Å²) in [7, 11) is 1.53. The molecule has 2 aliphatic rings. The first-order valence-corrected chi connectivity index (χ1v) is 9.51. The third-order valence-electron chi connectivity index (χ3n) is 5.25. The van der Waals surface area contributed by atoms with Gasteiger partial charge in [-0.1, -0.05) is 0 Å². The Labute approximate surface area is 163 Å². The summed E-state index contributed by atoms with van der Waals surface area (Å²) in [5.41, 5.74) is 2.05. The minimum Gasteiger partial charge on any atom is -0.459 e. The van der Waals surface area contributed by atoms with Crippen LogP contribution in [0.15, 0.2) is 28.9 Å². The predicted octanol–water partition coefficient (Wildman–Crippen LogP) is 0.423. The van der Waals surface area contributed by atoms with Crippen LogP contribution in [0.1, 0.15) is 21.9 Å². The summed E-state index contributed by atoms with van der Waals surface area (Å²) < 4.78 is 12.1. The van der Waals surface area contributed by atoms with Crippen molar-refractivity contribution in [3.8, 4) is 0 Å².